The number of rotatable bonds is 3. The standard InChI is InChI=1S/C4Cl8N2/c5-1(6)13-3(9,10)4(11,12)14-2(7)8. The van der Waals surface area contributed by atoms with Crippen LogP contribution in [0.3, 0.4) is 0 Å². The molecule has 0 fully saturated rings. The lowest BCUT2D eigenvalue weighted by Crippen LogP contribution is -2.33. The summed E-state index contributed by atoms with van der Waals surface area (Å²) in [4.78, 5) is 6.65. The van der Waals surface area contributed by atoms with Gasteiger partial charge in [0, 0.05) is 0 Å². The van der Waals surface area contributed by atoms with Crippen molar-refractivity contribution in [3.8, 4) is 0 Å². The summed E-state index contributed by atoms with van der Waals surface area (Å²) in [5.41, 5.74) is 0. The summed E-state index contributed by atoms with van der Waals surface area (Å²) < 4.78 is -5.16. The average molecular weight is 360 g/mol. The summed E-state index contributed by atoms with van der Waals surface area (Å²) in [5, 5.41) is 0. The molecule has 0 aliphatic heterocycles. The third kappa shape index (κ3) is 5.13. The number of hydrogen-bond acceptors (Lipinski definition) is 2. The van der Waals surface area contributed by atoms with E-state index >= 15 is 0 Å². The van der Waals surface area contributed by atoms with E-state index in [4.69, 9.17) is 92.8 Å². The Morgan fingerprint density at radius 3 is 1.00 bits per heavy atom. The van der Waals surface area contributed by atoms with Crippen molar-refractivity contribution < 1.29 is 0 Å². The summed E-state index contributed by atoms with van der Waals surface area (Å²) in [6.07, 6.45) is 0. The molecule has 0 aromatic carbocycles. The van der Waals surface area contributed by atoms with E-state index in [2.05, 4.69) is 9.98 Å². The second kappa shape index (κ2) is 5.83. The molecule has 0 bridgehead atoms. The van der Waals surface area contributed by atoms with Gasteiger partial charge in [0.2, 0.25) is 0 Å². The third-order valence-electron chi connectivity index (χ3n) is 0.812. The van der Waals surface area contributed by atoms with Crippen LogP contribution in [-0.4, -0.2) is 18.2 Å². The minimum Gasteiger partial charge on any atom is -0.219 e. The fourth-order valence-electron chi connectivity index (χ4n) is 0.347. The fraction of sp³-hybridized carbons (Fsp3) is 0.500. The Morgan fingerprint density at radius 1 is 0.643 bits per heavy atom. The van der Waals surface area contributed by atoms with Crippen molar-refractivity contribution >= 4 is 102 Å². The van der Waals surface area contributed by atoms with Crippen molar-refractivity contribution in [3.05, 3.63) is 0 Å². The van der Waals surface area contributed by atoms with Gasteiger partial charge in [0.05, 0.1) is 0 Å². The maximum atomic E-state index is 5.59. The molecule has 0 rings (SSSR count). The van der Waals surface area contributed by atoms with Gasteiger partial charge in [-0.2, -0.15) is 0 Å². The lowest BCUT2D eigenvalue weighted by atomic mass is 10.6. The third-order valence-corrected chi connectivity index (χ3v) is 2.97. The molecule has 0 aromatic heterocycles. The van der Waals surface area contributed by atoms with Crippen molar-refractivity contribution in [2.24, 2.45) is 9.98 Å². The van der Waals surface area contributed by atoms with E-state index < -0.39 is 18.2 Å². The first-order valence-electron chi connectivity index (χ1n) is 2.66. The monoisotopic (exact) mass is 356 g/mol. The van der Waals surface area contributed by atoms with Crippen molar-refractivity contribution in [2.75, 3.05) is 0 Å². The summed E-state index contributed by atoms with van der Waals surface area (Å²) in [7, 11) is 0. The van der Waals surface area contributed by atoms with E-state index in [1.54, 1.807) is 0 Å². The van der Waals surface area contributed by atoms with Gasteiger partial charge in [-0.1, -0.05) is 46.4 Å². The topological polar surface area (TPSA) is 24.7 Å². The fourth-order valence-corrected chi connectivity index (χ4v) is 1.71. The van der Waals surface area contributed by atoms with Crippen LogP contribution in [-0.2, 0) is 0 Å². The lowest BCUT2D eigenvalue weighted by molar-refractivity contribution is 0.713. The lowest BCUT2D eigenvalue weighted by Gasteiger charge is -2.24. The van der Waals surface area contributed by atoms with Crippen LogP contribution in [0, 0.1) is 0 Å². The molecule has 0 aliphatic carbocycles. The highest BCUT2D eigenvalue weighted by Crippen LogP contribution is 2.45. The summed E-state index contributed by atoms with van der Waals surface area (Å²) >= 11 is 43.2. The maximum Gasteiger partial charge on any atom is 0.263 e. The molecule has 0 atom stereocenters. The molecule has 0 saturated carbocycles. The number of aliphatic imine (C=N–C) groups is 2. The van der Waals surface area contributed by atoms with Crippen LogP contribution in [0.1, 0.15) is 0 Å². The van der Waals surface area contributed by atoms with Gasteiger partial charge < -0.3 is 0 Å². The Morgan fingerprint density at radius 2 is 0.857 bits per heavy atom. The van der Waals surface area contributed by atoms with Crippen LogP contribution < -0.4 is 0 Å². The predicted octanol–water partition coefficient (Wildman–Crippen LogP) is 4.92. The molecule has 82 valence electrons. The molecule has 0 heterocycles. The minimum absolute atomic E-state index is 0.471. The van der Waals surface area contributed by atoms with Crippen LogP contribution in [0.2, 0.25) is 0 Å². The molecule has 0 saturated heterocycles. The zero-order valence-electron chi connectivity index (χ0n) is 5.92. The molecule has 14 heavy (non-hydrogen) atoms. The van der Waals surface area contributed by atoms with Crippen molar-refractivity contribution in [1.29, 1.82) is 0 Å². The van der Waals surface area contributed by atoms with Gasteiger partial charge in [-0.15, -0.1) is 0 Å². The molecule has 0 N–H and O–H groups in total. The molecule has 0 aromatic rings. The smallest absolute Gasteiger partial charge is 0.219 e. The van der Waals surface area contributed by atoms with E-state index in [0.29, 0.717) is 0 Å². The summed E-state index contributed by atoms with van der Waals surface area (Å²) in [5.74, 6) is 0. The molecule has 0 aliphatic rings. The Labute approximate surface area is 120 Å². The van der Waals surface area contributed by atoms with Crippen LogP contribution in [0.25, 0.3) is 0 Å². The van der Waals surface area contributed by atoms with Gasteiger partial charge in [-0.05, 0) is 46.4 Å². The van der Waals surface area contributed by atoms with E-state index in [1.165, 1.54) is 0 Å². The maximum absolute atomic E-state index is 5.59. The quantitative estimate of drug-likeness (QED) is 0.388. The SMILES string of the molecule is ClC(Cl)=NC(Cl)(Cl)C(Cl)(Cl)N=C(Cl)Cl. The average Bonchev–Trinajstić information content (AvgIpc) is 1.78. The molecule has 10 heteroatoms. The second-order valence-electron chi connectivity index (χ2n) is 1.79. The molecular weight excluding hydrogens is 360 g/mol. The molecule has 2 nitrogen and oxygen atoms in total. The number of halogens is 8. The van der Waals surface area contributed by atoms with Crippen LogP contribution >= 0.6 is 92.8 Å². The van der Waals surface area contributed by atoms with Crippen molar-refractivity contribution in [2.45, 2.75) is 8.91 Å². The Hall–Kier alpha value is 1.66. The highest BCUT2D eigenvalue weighted by molar-refractivity contribution is 6.96. The predicted molar refractivity (Wildman–Crippen MR) is 67.2 cm³/mol. The Bertz CT molecular complexity index is 233. The van der Waals surface area contributed by atoms with E-state index in [9.17, 15) is 0 Å². The first kappa shape index (κ1) is 15.7. The molecule has 0 unspecified atom stereocenters. The molecule has 0 spiro atoms. The van der Waals surface area contributed by atoms with Gasteiger partial charge >= 0.3 is 0 Å². The molecule has 0 radical (unpaired) electrons. The molecule has 0 amide bonds. The van der Waals surface area contributed by atoms with E-state index in [0.717, 1.165) is 0 Å². The zero-order chi connectivity index (χ0) is 11.6. The Balaban J connectivity index is 5.07. The van der Waals surface area contributed by atoms with Gasteiger partial charge in [0.15, 0.2) is 9.26 Å². The van der Waals surface area contributed by atoms with Crippen LogP contribution in [0.15, 0.2) is 9.98 Å². The number of hydrogen-bond donors (Lipinski definition) is 0. The van der Waals surface area contributed by atoms with Gasteiger partial charge in [-0.25, -0.2) is 9.98 Å². The summed E-state index contributed by atoms with van der Waals surface area (Å²) in [6, 6.07) is 0. The molecular formula is C4Cl8N2. The van der Waals surface area contributed by atoms with Gasteiger partial charge in [0.1, 0.15) is 0 Å². The minimum atomic E-state index is -2.11. The van der Waals surface area contributed by atoms with E-state index in [1.807, 2.05) is 0 Å². The highest BCUT2D eigenvalue weighted by Gasteiger charge is 2.48. The normalized spacial score (nSPS) is 12.3. The second-order valence-corrected chi connectivity index (χ2v) is 6.18. The number of nitrogens with zero attached hydrogens (tertiary/aromatic N) is 2. The van der Waals surface area contributed by atoms with Crippen LogP contribution in [0.4, 0.5) is 0 Å². The first-order chi connectivity index (χ1) is 6.08. The summed E-state index contributed by atoms with van der Waals surface area (Å²) in [6.45, 7) is 0. The van der Waals surface area contributed by atoms with E-state index in [-0.39, 0.29) is 0 Å². The van der Waals surface area contributed by atoms with Crippen molar-refractivity contribution in [1.82, 2.24) is 0 Å². The number of alkyl halides is 4. The van der Waals surface area contributed by atoms with Gasteiger partial charge in [0.25, 0.3) is 8.91 Å². The highest BCUT2D eigenvalue weighted by atomic mass is 35.5. The Kier molecular flexibility index (Phi) is 6.52. The van der Waals surface area contributed by atoms with Gasteiger partial charge in [-0.3, -0.25) is 0 Å². The zero-order valence-corrected chi connectivity index (χ0v) is 12.0. The largest absolute Gasteiger partial charge is 0.263 e. The van der Waals surface area contributed by atoms with Crippen molar-refractivity contribution in [3.63, 3.8) is 0 Å². The first-order valence-corrected chi connectivity index (χ1v) is 5.68. The van der Waals surface area contributed by atoms with Crippen LogP contribution in [0.5, 0.6) is 0 Å².